The van der Waals surface area contributed by atoms with E-state index in [1.807, 2.05) is 6.92 Å². The molecule has 0 radical (unpaired) electrons. The minimum Gasteiger partial charge on any atom is -0.364 e. The van der Waals surface area contributed by atoms with E-state index >= 15 is 0 Å². The standard InChI is InChI=1S/C14H17N3O4/c1-9-4-2-3-7-16(9)14(19)11-8-10(17(20)21)5-6-12(11)15-13(14)18/h5-6,8-9,19H,2-4,7H2,1H3,(H,15,18)/t9-,14+/m1/s1. The summed E-state index contributed by atoms with van der Waals surface area (Å²) in [4.78, 5) is 24.5. The molecule has 1 fully saturated rings. The number of aliphatic hydroxyl groups is 1. The smallest absolute Gasteiger partial charge is 0.276 e. The van der Waals surface area contributed by atoms with Crippen molar-refractivity contribution < 1.29 is 14.8 Å². The minimum absolute atomic E-state index is 0.0414. The van der Waals surface area contributed by atoms with Crippen LogP contribution in [0.5, 0.6) is 0 Å². The quantitative estimate of drug-likeness (QED) is 0.637. The zero-order valence-corrected chi connectivity index (χ0v) is 11.7. The van der Waals surface area contributed by atoms with Gasteiger partial charge in [0, 0.05) is 36.0 Å². The number of hydrogen-bond donors (Lipinski definition) is 2. The molecule has 0 aliphatic carbocycles. The van der Waals surface area contributed by atoms with Crippen molar-refractivity contribution >= 4 is 17.3 Å². The first-order valence-electron chi connectivity index (χ1n) is 7.04. The molecule has 0 aromatic heterocycles. The molecule has 1 aromatic rings. The van der Waals surface area contributed by atoms with Crippen LogP contribution in [0.15, 0.2) is 18.2 Å². The number of fused-ring (bicyclic) bond motifs is 1. The molecule has 1 aromatic carbocycles. The first-order valence-corrected chi connectivity index (χ1v) is 7.04. The van der Waals surface area contributed by atoms with Crippen molar-refractivity contribution in [3.63, 3.8) is 0 Å². The lowest BCUT2D eigenvalue weighted by Crippen LogP contribution is -2.56. The van der Waals surface area contributed by atoms with Gasteiger partial charge < -0.3 is 10.4 Å². The van der Waals surface area contributed by atoms with Crippen molar-refractivity contribution in [2.45, 2.75) is 38.0 Å². The number of carbonyl (C=O) groups is 1. The summed E-state index contributed by atoms with van der Waals surface area (Å²) in [5, 5.41) is 24.6. The van der Waals surface area contributed by atoms with Gasteiger partial charge in [0.15, 0.2) is 0 Å². The van der Waals surface area contributed by atoms with Crippen LogP contribution in [0.25, 0.3) is 0 Å². The van der Waals surface area contributed by atoms with Crippen LogP contribution in [0.4, 0.5) is 11.4 Å². The van der Waals surface area contributed by atoms with Crippen molar-refractivity contribution in [1.29, 1.82) is 0 Å². The molecule has 1 saturated heterocycles. The number of nitro benzene ring substituents is 1. The van der Waals surface area contributed by atoms with E-state index in [2.05, 4.69) is 5.32 Å². The predicted octanol–water partition coefficient (Wildman–Crippen LogP) is 1.57. The monoisotopic (exact) mass is 291 g/mol. The molecule has 2 aliphatic heterocycles. The van der Waals surface area contributed by atoms with E-state index < -0.39 is 16.6 Å². The van der Waals surface area contributed by atoms with Gasteiger partial charge in [0.05, 0.1) is 4.92 Å². The Labute approximate surface area is 121 Å². The van der Waals surface area contributed by atoms with Crippen LogP contribution in [0, 0.1) is 10.1 Å². The highest BCUT2D eigenvalue weighted by atomic mass is 16.6. The highest BCUT2D eigenvalue weighted by Crippen LogP contribution is 2.42. The zero-order chi connectivity index (χ0) is 15.2. The molecule has 2 aliphatic rings. The van der Waals surface area contributed by atoms with E-state index in [4.69, 9.17) is 0 Å². The van der Waals surface area contributed by atoms with E-state index in [0.29, 0.717) is 12.2 Å². The summed E-state index contributed by atoms with van der Waals surface area (Å²) in [7, 11) is 0. The highest BCUT2D eigenvalue weighted by molar-refractivity contribution is 6.04. The average Bonchev–Trinajstić information content (AvgIpc) is 2.71. The van der Waals surface area contributed by atoms with E-state index in [-0.39, 0.29) is 17.3 Å². The maximum atomic E-state index is 12.3. The molecule has 0 saturated carbocycles. The van der Waals surface area contributed by atoms with Crippen molar-refractivity contribution in [1.82, 2.24) is 4.90 Å². The maximum absolute atomic E-state index is 12.3. The minimum atomic E-state index is -1.82. The molecule has 1 amide bonds. The van der Waals surface area contributed by atoms with E-state index in [1.54, 1.807) is 4.90 Å². The maximum Gasteiger partial charge on any atom is 0.276 e. The number of nitrogens with one attached hydrogen (secondary N) is 1. The van der Waals surface area contributed by atoms with Crippen LogP contribution < -0.4 is 5.32 Å². The summed E-state index contributed by atoms with van der Waals surface area (Å²) < 4.78 is 0. The zero-order valence-electron chi connectivity index (χ0n) is 11.7. The molecule has 0 unspecified atom stereocenters. The fourth-order valence-electron chi connectivity index (χ4n) is 3.24. The van der Waals surface area contributed by atoms with Gasteiger partial charge in [-0.1, -0.05) is 6.42 Å². The van der Waals surface area contributed by atoms with Gasteiger partial charge in [0.25, 0.3) is 11.6 Å². The lowest BCUT2D eigenvalue weighted by molar-refractivity contribution is -0.385. The number of rotatable bonds is 2. The molecule has 2 N–H and O–H groups in total. The summed E-state index contributed by atoms with van der Waals surface area (Å²) in [6.07, 6.45) is 2.83. The number of likely N-dealkylation sites (tertiary alicyclic amines) is 1. The predicted molar refractivity (Wildman–Crippen MR) is 75.6 cm³/mol. The van der Waals surface area contributed by atoms with Gasteiger partial charge in [-0.15, -0.1) is 0 Å². The lowest BCUT2D eigenvalue weighted by Gasteiger charge is -2.42. The SMILES string of the molecule is C[C@@H]1CCCCN1[C@@]1(O)C(=O)Nc2ccc([N+](=O)[O-])cc21. The number of hydrogen-bond acceptors (Lipinski definition) is 5. The molecule has 7 heteroatoms. The summed E-state index contributed by atoms with van der Waals surface area (Å²) in [6.45, 7) is 2.55. The molecule has 21 heavy (non-hydrogen) atoms. The Balaban J connectivity index is 2.09. The average molecular weight is 291 g/mol. The molecule has 3 rings (SSSR count). The molecular weight excluding hydrogens is 274 g/mol. The summed E-state index contributed by atoms with van der Waals surface area (Å²) in [5.41, 5.74) is -1.24. The van der Waals surface area contributed by atoms with Crippen LogP contribution in [0.3, 0.4) is 0 Å². The molecule has 112 valence electrons. The number of nitrogens with zero attached hydrogens (tertiary/aromatic N) is 2. The van der Waals surface area contributed by atoms with Crippen LogP contribution in [0.1, 0.15) is 31.7 Å². The molecule has 0 bridgehead atoms. The number of non-ortho nitro benzene ring substituents is 1. The van der Waals surface area contributed by atoms with Crippen LogP contribution in [-0.4, -0.2) is 33.4 Å². The van der Waals surface area contributed by atoms with E-state index in [0.717, 1.165) is 19.3 Å². The Kier molecular flexibility index (Phi) is 3.18. The fourth-order valence-corrected chi connectivity index (χ4v) is 3.24. The topological polar surface area (TPSA) is 95.7 Å². The summed E-state index contributed by atoms with van der Waals surface area (Å²) in [6, 6.07) is 4.12. The number of carbonyl (C=O) groups excluding carboxylic acids is 1. The lowest BCUT2D eigenvalue weighted by atomic mass is 9.95. The van der Waals surface area contributed by atoms with Crippen LogP contribution >= 0.6 is 0 Å². The molecule has 2 atom stereocenters. The van der Waals surface area contributed by atoms with E-state index in [9.17, 15) is 20.0 Å². The number of piperidine rings is 1. The fraction of sp³-hybridized carbons (Fsp3) is 0.500. The molecule has 2 heterocycles. The second-order valence-corrected chi connectivity index (χ2v) is 5.65. The van der Waals surface area contributed by atoms with E-state index in [1.165, 1.54) is 18.2 Å². The first-order chi connectivity index (χ1) is 9.94. The Morgan fingerprint density at radius 2 is 2.24 bits per heavy atom. The third-order valence-corrected chi connectivity index (χ3v) is 4.37. The van der Waals surface area contributed by atoms with Gasteiger partial charge in [0.2, 0.25) is 5.72 Å². The Hall–Kier alpha value is -1.99. The first kappa shape index (κ1) is 14.0. The molecule has 7 nitrogen and oxygen atoms in total. The van der Waals surface area contributed by atoms with Crippen molar-refractivity contribution in [3.8, 4) is 0 Å². The van der Waals surface area contributed by atoms with Crippen LogP contribution in [-0.2, 0) is 10.5 Å². The highest BCUT2D eigenvalue weighted by Gasteiger charge is 2.52. The summed E-state index contributed by atoms with van der Waals surface area (Å²) in [5.74, 6) is -0.535. The van der Waals surface area contributed by atoms with Crippen molar-refractivity contribution in [2.75, 3.05) is 11.9 Å². The van der Waals surface area contributed by atoms with Gasteiger partial charge in [-0.3, -0.25) is 19.8 Å². The Morgan fingerprint density at radius 1 is 1.48 bits per heavy atom. The molecular formula is C14H17N3O4. The largest absolute Gasteiger partial charge is 0.364 e. The van der Waals surface area contributed by atoms with Gasteiger partial charge >= 0.3 is 0 Å². The van der Waals surface area contributed by atoms with Gasteiger partial charge in [0.1, 0.15) is 0 Å². The number of anilines is 1. The third-order valence-electron chi connectivity index (χ3n) is 4.37. The second kappa shape index (κ2) is 4.78. The number of nitro groups is 1. The number of benzene rings is 1. The van der Waals surface area contributed by atoms with Gasteiger partial charge in [-0.2, -0.15) is 0 Å². The number of amides is 1. The van der Waals surface area contributed by atoms with Crippen LogP contribution in [0.2, 0.25) is 0 Å². The Morgan fingerprint density at radius 3 is 2.90 bits per heavy atom. The summed E-state index contributed by atoms with van der Waals surface area (Å²) >= 11 is 0. The van der Waals surface area contributed by atoms with Crippen molar-refractivity contribution in [3.05, 3.63) is 33.9 Å². The van der Waals surface area contributed by atoms with Gasteiger partial charge in [-0.25, -0.2) is 0 Å². The Bertz CT molecular complexity index is 618. The van der Waals surface area contributed by atoms with Crippen molar-refractivity contribution in [2.24, 2.45) is 0 Å². The van der Waals surface area contributed by atoms with Gasteiger partial charge in [-0.05, 0) is 25.8 Å². The normalized spacial score (nSPS) is 29.0. The second-order valence-electron chi connectivity index (χ2n) is 5.65. The third kappa shape index (κ3) is 2.00. The molecule has 0 spiro atoms.